The number of hydrogen-bond acceptors (Lipinski definition) is 4. The summed E-state index contributed by atoms with van der Waals surface area (Å²) in [4.78, 5) is 0. The number of benzene rings is 1. The van der Waals surface area contributed by atoms with Crippen LogP contribution >= 0.6 is 24.0 Å². The Hall–Kier alpha value is -0.890. The van der Waals surface area contributed by atoms with Crippen molar-refractivity contribution in [3.05, 3.63) is 46.9 Å². The van der Waals surface area contributed by atoms with Crippen molar-refractivity contribution in [2.45, 2.75) is 13.5 Å². The molecular formula is C12H15NO3S3. The van der Waals surface area contributed by atoms with Gasteiger partial charge in [-0.1, -0.05) is 59.9 Å². The summed E-state index contributed by atoms with van der Waals surface area (Å²) in [7, 11) is -4.04. The molecule has 0 aromatic heterocycles. The Morgan fingerprint density at radius 2 is 2.05 bits per heavy atom. The normalized spacial score (nSPS) is 11.7. The highest BCUT2D eigenvalue weighted by Crippen LogP contribution is 2.06. The second kappa shape index (κ2) is 7.64. The highest BCUT2D eigenvalue weighted by Gasteiger charge is 1.98. The third-order valence-electron chi connectivity index (χ3n) is 2.14. The van der Waals surface area contributed by atoms with E-state index in [0.717, 1.165) is 11.0 Å². The fourth-order valence-electron chi connectivity index (χ4n) is 1.22. The molecule has 0 aliphatic carbocycles. The van der Waals surface area contributed by atoms with Crippen LogP contribution in [0.15, 0.2) is 35.7 Å². The van der Waals surface area contributed by atoms with Crippen molar-refractivity contribution >= 4 is 38.4 Å². The summed E-state index contributed by atoms with van der Waals surface area (Å²) in [6.45, 7) is 2.66. The summed E-state index contributed by atoms with van der Waals surface area (Å²) in [5.41, 5.74) is 2.33. The molecule has 0 aliphatic rings. The number of rotatable bonds is 5. The van der Waals surface area contributed by atoms with E-state index in [-0.39, 0.29) is 0 Å². The number of aryl methyl sites for hydroxylation is 1. The van der Waals surface area contributed by atoms with Gasteiger partial charge in [0, 0.05) is 12.3 Å². The summed E-state index contributed by atoms with van der Waals surface area (Å²) < 4.78 is 29.9. The maximum atomic E-state index is 10.4. The van der Waals surface area contributed by atoms with Crippen LogP contribution < -0.4 is 5.32 Å². The summed E-state index contributed by atoms with van der Waals surface area (Å²) in [5.74, 6) is 0.388. The van der Waals surface area contributed by atoms with Gasteiger partial charge in [0.15, 0.2) is 0 Å². The number of hydrogen-bond donors (Lipinski definition) is 2. The molecule has 2 N–H and O–H groups in total. The monoisotopic (exact) mass is 317 g/mol. The molecule has 0 radical (unpaired) electrons. The number of thioether (sulfide) groups is 1. The van der Waals surface area contributed by atoms with Crippen LogP contribution in [-0.4, -0.2) is 23.0 Å². The fraction of sp³-hybridized carbons (Fsp3) is 0.250. The maximum Gasteiger partial charge on any atom is 0.287 e. The largest absolute Gasteiger partial charge is 0.367 e. The van der Waals surface area contributed by atoms with Crippen LogP contribution in [0.3, 0.4) is 0 Å². The predicted octanol–water partition coefficient (Wildman–Crippen LogP) is 2.50. The first-order valence-electron chi connectivity index (χ1n) is 5.47. The van der Waals surface area contributed by atoms with Gasteiger partial charge < -0.3 is 5.32 Å². The van der Waals surface area contributed by atoms with E-state index in [1.165, 1.54) is 23.4 Å². The van der Waals surface area contributed by atoms with Gasteiger partial charge >= 0.3 is 0 Å². The lowest BCUT2D eigenvalue weighted by Gasteiger charge is -2.06. The molecule has 0 fully saturated rings. The zero-order valence-corrected chi connectivity index (χ0v) is 12.8. The molecule has 0 bridgehead atoms. The highest BCUT2D eigenvalue weighted by molar-refractivity contribution is 8.23. The lowest BCUT2D eigenvalue weighted by Crippen LogP contribution is -2.17. The number of thiocarbonyl (C=S) groups is 1. The van der Waals surface area contributed by atoms with E-state index in [9.17, 15) is 8.42 Å². The van der Waals surface area contributed by atoms with E-state index in [0.29, 0.717) is 16.6 Å². The Bertz CT molecular complexity index is 550. The van der Waals surface area contributed by atoms with Crippen LogP contribution in [0.25, 0.3) is 0 Å². The minimum atomic E-state index is -4.04. The molecule has 0 spiro atoms. The molecular weight excluding hydrogens is 302 g/mol. The molecule has 104 valence electrons. The van der Waals surface area contributed by atoms with Gasteiger partial charge in [0.2, 0.25) is 0 Å². The zero-order chi connectivity index (χ0) is 14.3. The predicted molar refractivity (Wildman–Crippen MR) is 83.8 cm³/mol. The molecule has 7 heteroatoms. The van der Waals surface area contributed by atoms with Gasteiger partial charge in [-0.2, -0.15) is 8.42 Å². The highest BCUT2D eigenvalue weighted by atomic mass is 32.2. The first kappa shape index (κ1) is 16.2. The summed E-state index contributed by atoms with van der Waals surface area (Å²) >= 11 is 6.39. The minimum Gasteiger partial charge on any atom is -0.367 e. The molecule has 19 heavy (non-hydrogen) atoms. The molecule has 0 saturated heterocycles. The van der Waals surface area contributed by atoms with E-state index in [2.05, 4.69) is 5.32 Å². The Balaban J connectivity index is 2.29. The van der Waals surface area contributed by atoms with Gasteiger partial charge in [-0.25, -0.2) is 0 Å². The van der Waals surface area contributed by atoms with E-state index >= 15 is 0 Å². The minimum absolute atomic E-state index is 0.388. The van der Waals surface area contributed by atoms with Gasteiger partial charge in [0.1, 0.15) is 4.32 Å². The Morgan fingerprint density at radius 3 is 2.63 bits per heavy atom. The van der Waals surface area contributed by atoms with Crippen molar-refractivity contribution in [3.8, 4) is 0 Å². The molecule has 0 saturated carbocycles. The molecule has 4 nitrogen and oxygen atoms in total. The third kappa shape index (κ3) is 7.99. The smallest absolute Gasteiger partial charge is 0.287 e. The Morgan fingerprint density at radius 1 is 1.42 bits per heavy atom. The quantitative estimate of drug-likeness (QED) is 0.642. The lowest BCUT2D eigenvalue weighted by molar-refractivity contribution is 0.494. The Labute approximate surface area is 123 Å². The standard InChI is InChI=1S/C12H15NO3S3/c1-10-3-5-11(6-4-10)9-13-12(17)18-7-2-8-19(14,15)16/h2-6,8H,7,9H2,1H3,(H,13,17)(H,14,15,16)/b8-2-. The van der Waals surface area contributed by atoms with E-state index < -0.39 is 10.1 Å². The van der Waals surface area contributed by atoms with Crippen molar-refractivity contribution in [1.29, 1.82) is 0 Å². The van der Waals surface area contributed by atoms with Crippen LogP contribution in [0.2, 0.25) is 0 Å². The first-order valence-corrected chi connectivity index (χ1v) is 8.37. The van der Waals surface area contributed by atoms with Crippen LogP contribution in [0.4, 0.5) is 0 Å². The second-order valence-corrected chi connectivity index (χ2v) is 6.82. The molecule has 0 aliphatic heterocycles. The van der Waals surface area contributed by atoms with Crippen LogP contribution in [0.5, 0.6) is 0 Å². The van der Waals surface area contributed by atoms with Crippen LogP contribution in [0.1, 0.15) is 11.1 Å². The summed E-state index contributed by atoms with van der Waals surface area (Å²) in [6, 6.07) is 8.10. The van der Waals surface area contributed by atoms with Crippen LogP contribution in [0, 0.1) is 6.92 Å². The van der Waals surface area contributed by atoms with Crippen molar-refractivity contribution in [3.63, 3.8) is 0 Å². The van der Waals surface area contributed by atoms with Gasteiger partial charge in [-0.15, -0.1) is 0 Å². The Kier molecular flexibility index (Phi) is 6.50. The van der Waals surface area contributed by atoms with E-state index in [1.807, 2.05) is 31.2 Å². The summed E-state index contributed by atoms with van der Waals surface area (Å²) in [6.07, 6.45) is 1.35. The van der Waals surface area contributed by atoms with Gasteiger partial charge in [0.05, 0.1) is 5.41 Å². The van der Waals surface area contributed by atoms with Gasteiger partial charge in [-0.3, -0.25) is 4.55 Å². The van der Waals surface area contributed by atoms with Crippen molar-refractivity contribution in [1.82, 2.24) is 5.32 Å². The van der Waals surface area contributed by atoms with Gasteiger partial charge in [0.25, 0.3) is 10.1 Å². The average Bonchev–Trinajstić information content (AvgIpc) is 2.33. The zero-order valence-electron chi connectivity index (χ0n) is 10.4. The van der Waals surface area contributed by atoms with Crippen molar-refractivity contribution in [2.75, 3.05) is 5.75 Å². The molecule has 1 aromatic carbocycles. The molecule has 1 aromatic rings. The topological polar surface area (TPSA) is 66.4 Å². The molecule has 0 amide bonds. The van der Waals surface area contributed by atoms with Gasteiger partial charge in [-0.05, 0) is 12.5 Å². The molecule has 1 rings (SSSR count). The van der Waals surface area contributed by atoms with E-state index in [1.54, 1.807) is 0 Å². The fourth-order valence-corrected chi connectivity index (χ4v) is 2.47. The molecule has 0 atom stereocenters. The summed E-state index contributed by atoms with van der Waals surface area (Å²) in [5, 5.41) is 3.82. The number of nitrogens with one attached hydrogen (secondary N) is 1. The maximum absolute atomic E-state index is 10.4. The molecule has 0 heterocycles. The van der Waals surface area contributed by atoms with E-state index in [4.69, 9.17) is 16.8 Å². The van der Waals surface area contributed by atoms with Crippen molar-refractivity contribution in [2.24, 2.45) is 0 Å². The SMILES string of the molecule is Cc1ccc(CNC(=S)SC/C=C\S(=O)(=O)O)cc1. The first-order chi connectivity index (χ1) is 8.87. The van der Waals surface area contributed by atoms with Crippen LogP contribution in [-0.2, 0) is 16.7 Å². The third-order valence-corrected chi connectivity index (χ3v) is 3.94. The lowest BCUT2D eigenvalue weighted by atomic mass is 10.1. The molecule has 0 unspecified atom stereocenters. The average molecular weight is 317 g/mol. The van der Waals surface area contributed by atoms with Crippen molar-refractivity contribution < 1.29 is 13.0 Å². The second-order valence-electron chi connectivity index (χ2n) is 3.82.